The third kappa shape index (κ3) is 7.61. The van der Waals surface area contributed by atoms with Crippen LogP contribution in [0.1, 0.15) is 29.8 Å². The molecule has 0 aromatic carbocycles. The first-order valence-electron chi connectivity index (χ1n) is 7.95. The van der Waals surface area contributed by atoms with Crippen LogP contribution in [0.25, 0.3) is 0 Å². The van der Waals surface area contributed by atoms with E-state index in [1.54, 1.807) is 35.4 Å². The van der Waals surface area contributed by atoms with Crippen molar-refractivity contribution in [2.75, 3.05) is 17.6 Å². The summed E-state index contributed by atoms with van der Waals surface area (Å²) in [6.45, 7) is 4.44. The Morgan fingerprint density at radius 3 is 2.72 bits per heavy atom. The molecule has 0 radical (unpaired) electrons. The summed E-state index contributed by atoms with van der Waals surface area (Å²) < 4.78 is 0.949. The average molecular weight is 380 g/mol. The van der Waals surface area contributed by atoms with Crippen LogP contribution in [0.2, 0.25) is 0 Å². The zero-order valence-corrected chi connectivity index (χ0v) is 15.9. The van der Waals surface area contributed by atoms with Crippen molar-refractivity contribution in [3.8, 4) is 0 Å². The van der Waals surface area contributed by atoms with Crippen LogP contribution >= 0.6 is 23.1 Å². The second-order valence-electron chi connectivity index (χ2n) is 5.41. The molecule has 0 atom stereocenters. The molecule has 0 spiro atoms. The number of pyridine rings is 1. The molecule has 0 unspecified atom stereocenters. The molecule has 2 N–H and O–H groups in total. The molecular weight excluding hydrogens is 358 g/mol. The van der Waals surface area contributed by atoms with E-state index >= 15 is 0 Å². The Balaban J connectivity index is 1.55. The summed E-state index contributed by atoms with van der Waals surface area (Å²) in [6.07, 6.45) is 2.79. The van der Waals surface area contributed by atoms with Gasteiger partial charge >= 0.3 is 0 Å². The zero-order chi connectivity index (χ0) is 18.1. The van der Waals surface area contributed by atoms with Crippen LogP contribution in [0.4, 0.5) is 5.82 Å². The summed E-state index contributed by atoms with van der Waals surface area (Å²) in [5.74, 6) is 1.04. The summed E-state index contributed by atoms with van der Waals surface area (Å²) >= 11 is 3.20. The lowest BCUT2D eigenvalue weighted by Gasteiger charge is -2.06. The fourth-order valence-electron chi connectivity index (χ4n) is 1.92. The Morgan fingerprint density at radius 1 is 1.20 bits per heavy atom. The Kier molecular flexibility index (Phi) is 7.80. The lowest BCUT2D eigenvalue weighted by atomic mass is 10.2. The molecule has 134 valence electrons. The number of hydrogen-bond acceptors (Lipinski definition) is 7. The van der Waals surface area contributed by atoms with Crippen molar-refractivity contribution in [3.63, 3.8) is 0 Å². The number of aromatic nitrogens is 3. The summed E-state index contributed by atoms with van der Waals surface area (Å²) in [6, 6.07) is 3.64. The second kappa shape index (κ2) is 10.1. The van der Waals surface area contributed by atoms with Crippen LogP contribution in [0.3, 0.4) is 0 Å². The van der Waals surface area contributed by atoms with Gasteiger partial charge in [-0.15, -0.1) is 10.2 Å². The number of nitrogens with one attached hydrogen (secondary N) is 2. The lowest BCUT2D eigenvalue weighted by molar-refractivity contribution is -0.124. The first kappa shape index (κ1) is 19.3. The van der Waals surface area contributed by atoms with Gasteiger partial charge in [-0.1, -0.05) is 23.1 Å². The van der Waals surface area contributed by atoms with Gasteiger partial charge in [0, 0.05) is 31.3 Å². The molecule has 2 aromatic rings. The molecule has 0 aliphatic heterocycles. The number of rotatable bonds is 9. The zero-order valence-electron chi connectivity index (χ0n) is 14.2. The van der Waals surface area contributed by atoms with Crippen LogP contribution in [0.5, 0.6) is 0 Å². The van der Waals surface area contributed by atoms with E-state index in [2.05, 4.69) is 25.8 Å². The minimum absolute atomic E-state index is 0.121. The number of nitrogens with zero attached hydrogens (tertiary/aromatic N) is 3. The number of amides is 2. The van der Waals surface area contributed by atoms with E-state index in [4.69, 9.17) is 0 Å². The highest BCUT2D eigenvalue weighted by molar-refractivity contribution is 8.01. The molecule has 2 amide bonds. The van der Waals surface area contributed by atoms with Gasteiger partial charge in [-0.25, -0.2) is 4.98 Å². The molecule has 0 fully saturated rings. The SMILES string of the molecule is Cc1ccnc(NC(=O)CCC(=O)NCCCSc2nnc(C)s2)c1. The molecule has 0 aliphatic rings. The standard InChI is InChI=1S/C16H21N5O2S2/c1-11-6-8-17-13(10-11)19-15(23)5-4-14(22)18-7-3-9-24-16-21-20-12(2)25-16/h6,8,10H,3-5,7,9H2,1-2H3,(H,18,22)(H,17,19,23). The maximum Gasteiger partial charge on any atom is 0.226 e. The number of carbonyl (C=O) groups is 2. The van der Waals surface area contributed by atoms with E-state index < -0.39 is 0 Å². The molecule has 25 heavy (non-hydrogen) atoms. The van der Waals surface area contributed by atoms with Gasteiger partial charge in [0.1, 0.15) is 10.8 Å². The smallest absolute Gasteiger partial charge is 0.226 e. The first-order chi connectivity index (χ1) is 12.0. The molecule has 2 aromatic heterocycles. The summed E-state index contributed by atoms with van der Waals surface area (Å²) in [7, 11) is 0. The van der Waals surface area contributed by atoms with E-state index in [-0.39, 0.29) is 24.7 Å². The van der Waals surface area contributed by atoms with Crippen molar-refractivity contribution in [2.45, 2.75) is 37.4 Å². The van der Waals surface area contributed by atoms with Crippen molar-refractivity contribution in [3.05, 3.63) is 28.9 Å². The molecule has 2 rings (SSSR count). The fraction of sp³-hybridized carbons (Fsp3) is 0.438. The van der Waals surface area contributed by atoms with Crippen molar-refractivity contribution in [2.24, 2.45) is 0 Å². The highest BCUT2D eigenvalue weighted by atomic mass is 32.2. The third-order valence-corrected chi connectivity index (χ3v) is 5.20. The summed E-state index contributed by atoms with van der Waals surface area (Å²) in [5.41, 5.74) is 1.02. The second-order valence-corrected chi connectivity index (χ2v) is 7.93. The highest BCUT2D eigenvalue weighted by Gasteiger charge is 2.08. The summed E-state index contributed by atoms with van der Waals surface area (Å²) in [4.78, 5) is 27.6. The first-order valence-corrected chi connectivity index (χ1v) is 9.75. The monoisotopic (exact) mass is 379 g/mol. The Hall–Kier alpha value is -2.00. The molecule has 0 aliphatic carbocycles. The topological polar surface area (TPSA) is 96.9 Å². The van der Waals surface area contributed by atoms with E-state index in [0.717, 1.165) is 27.1 Å². The summed E-state index contributed by atoms with van der Waals surface area (Å²) in [5, 5.41) is 14.5. The van der Waals surface area contributed by atoms with E-state index in [9.17, 15) is 9.59 Å². The van der Waals surface area contributed by atoms with Gasteiger partial charge in [0.2, 0.25) is 11.8 Å². The lowest BCUT2D eigenvalue weighted by Crippen LogP contribution is -2.26. The van der Waals surface area contributed by atoms with Gasteiger partial charge in [0.05, 0.1) is 0 Å². The van der Waals surface area contributed by atoms with Gasteiger partial charge < -0.3 is 10.6 Å². The molecule has 7 nitrogen and oxygen atoms in total. The van der Waals surface area contributed by atoms with E-state index in [1.165, 1.54) is 0 Å². The van der Waals surface area contributed by atoms with Crippen LogP contribution in [0.15, 0.2) is 22.7 Å². The van der Waals surface area contributed by atoms with Gasteiger partial charge in [-0.3, -0.25) is 9.59 Å². The molecule has 0 saturated carbocycles. The normalized spacial score (nSPS) is 10.5. The van der Waals surface area contributed by atoms with E-state index in [1.807, 2.05) is 19.9 Å². The molecular formula is C16H21N5O2S2. The largest absolute Gasteiger partial charge is 0.356 e. The fourth-order valence-corrected chi connectivity index (χ4v) is 3.75. The third-order valence-electron chi connectivity index (χ3n) is 3.14. The van der Waals surface area contributed by atoms with Crippen molar-refractivity contribution in [1.29, 1.82) is 0 Å². The van der Waals surface area contributed by atoms with Crippen molar-refractivity contribution in [1.82, 2.24) is 20.5 Å². The quantitative estimate of drug-likeness (QED) is 0.513. The maximum absolute atomic E-state index is 11.8. The maximum atomic E-state index is 11.8. The number of anilines is 1. The van der Waals surface area contributed by atoms with Gasteiger partial charge in [0.15, 0.2) is 4.34 Å². The average Bonchev–Trinajstić information content (AvgIpc) is 2.98. The van der Waals surface area contributed by atoms with Gasteiger partial charge in [0.25, 0.3) is 0 Å². The molecule has 0 saturated heterocycles. The number of hydrogen-bond donors (Lipinski definition) is 2. The minimum atomic E-state index is -0.213. The predicted octanol–water partition coefficient (Wildman–Crippen LogP) is 2.57. The molecule has 0 bridgehead atoms. The number of aryl methyl sites for hydroxylation is 2. The van der Waals surface area contributed by atoms with Gasteiger partial charge in [-0.05, 0) is 38.0 Å². The highest BCUT2D eigenvalue weighted by Crippen LogP contribution is 2.21. The Bertz CT molecular complexity index is 720. The molecule has 2 heterocycles. The van der Waals surface area contributed by atoms with E-state index in [0.29, 0.717) is 12.4 Å². The minimum Gasteiger partial charge on any atom is -0.356 e. The number of carbonyl (C=O) groups excluding carboxylic acids is 2. The predicted molar refractivity (Wildman–Crippen MR) is 99.8 cm³/mol. The molecule has 9 heteroatoms. The Morgan fingerprint density at radius 2 is 2.00 bits per heavy atom. The van der Waals surface area contributed by atoms with Crippen molar-refractivity contribution < 1.29 is 9.59 Å². The Labute approximate surface area is 155 Å². The van der Waals surface area contributed by atoms with Crippen LogP contribution in [-0.4, -0.2) is 39.3 Å². The van der Waals surface area contributed by atoms with Crippen LogP contribution in [-0.2, 0) is 9.59 Å². The van der Waals surface area contributed by atoms with Crippen LogP contribution < -0.4 is 10.6 Å². The van der Waals surface area contributed by atoms with Crippen LogP contribution in [0, 0.1) is 13.8 Å². The number of thioether (sulfide) groups is 1. The van der Waals surface area contributed by atoms with Crippen molar-refractivity contribution >= 4 is 40.7 Å². The van der Waals surface area contributed by atoms with Gasteiger partial charge in [-0.2, -0.15) is 0 Å².